The Hall–Kier alpha value is -1.69. The molecule has 110 valence electrons. The van der Waals surface area contributed by atoms with Crippen molar-refractivity contribution in [3.05, 3.63) is 17.5 Å². The highest BCUT2D eigenvalue weighted by Crippen LogP contribution is 2.15. The molecule has 1 aromatic heterocycles. The van der Waals surface area contributed by atoms with Crippen molar-refractivity contribution in [2.24, 2.45) is 5.92 Å². The Kier molecular flexibility index (Phi) is 5.29. The maximum absolute atomic E-state index is 11.6. The van der Waals surface area contributed by atoms with Crippen LogP contribution in [0.1, 0.15) is 35.8 Å². The Morgan fingerprint density at radius 3 is 2.85 bits per heavy atom. The van der Waals surface area contributed by atoms with E-state index in [4.69, 9.17) is 9.47 Å². The largest absolute Gasteiger partial charge is 0.463 e. The second-order valence-electron chi connectivity index (χ2n) is 4.88. The third-order valence-electron chi connectivity index (χ3n) is 3.36. The second-order valence-corrected chi connectivity index (χ2v) is 4.88. The van der Waals surface area contributed by atoms with Crippen LogP contribution < -0.4 is 10.1 Å². The number of ether oxygens (including phenoxy) is 2. The summed E-state index contributed by atoms with van der Waals surface area (Å²) in [6.07, 6.45) is 3.69. The number of carbonyl (C=O) groups is 1. The molecule has 20 heavy (non-hydrogen) atoms. The van der Waals surface area contributed by atoms with Crippen LogP contribution in [-0.2, 0) is 4.74 Å². The Balaban J connectivity index is 1.92. The Bertz CT molecular complexity index is 459. The van der Waals surface area contributed by atoms with Gasteiger partial charge in [0.25, 0.3) is 0 Å². The lowest BCUT2D eigenvalue weighted by Crippen LogP contribution is -2.30. The van der Waals surface area contributed by atoms with Crippen LogP contribution in [0.4, 0.5) is 0 Å². The summed E-state index contributed by atoms with van der Waals surface area (Å²) in [4.78, 5) is 19.9. The predicted molar refractivity (Wildman–Crippen MR) is 73.8 cm³/mol. The number of hydrogen-bond donors (Lipinski definition) is 1. The van der Waals surface area contributed by atoms with Gasteiger partial charge in [-0.25, -0.2) is 9.78 Å². The first-order chi connectivity index (χ1) is 9.70. The molecule has 0 atom stereocenters. The molecule has 0 spiro atoms. The molecule has 0 bridgehead atoms. The maximum atomic E-state index is 11.6. The first-order valence-electron chi connectivity index (χ1n) is 7.05. The van der Waals surface area contributed by atoms with Crippen LogP contribution >= 0.6 is 0 Å². The van der Waals surface area contributed by atoms with Crippen LogP contribution in [-0.4, -0.2) is 42.2 Å². The summed E-state index contributed by atoms with van der Waals surface area (Å²) < 4.78 is 10.6. The van der Waals surface area contributed by atoms with Crippen molar-refractivity contribution in [1.29, 1.82) is 0 Å². The second kappa shape index (κ2) is 7.19. The van der Waals surface area contributed by atoms with E-state index in [1.54, 1.807) is 13.8 Å². The molecule has 1 aliphatic heterocycles. The van der Waals surface area contributed by atoms with E-state index in [2.05, 4.69) is 15.3 Å². The molecule has 1 N–H and O–H groups in total. The van der Waals surface area contributed by atoms with Gasteiger partial charge in [0.1, 0.15) is 0 Å². The SMILES string of the molecule is CCOC(=O)c1cnc(OCC2CCNCC2)nc1C. The number of nitrogens with one attached hydrogen (secondary N) is 1. The van der Waals surface area contributed by atoms with E-state index in [1.165, 1.54) is 6.20 Å². The fraction of sp³-hybridized carbons (Fsp3) is 0.643. The van der Waals surface area contributed by atoms with Crippen LogP contribution in [0.2, 0.25) is 0 Å². The number of piperidine rings is 1. The lowest BCUT2D eigenvalue weighted by Gasteiger charge is -2.22. The van der Waals surface area contributed by atoms with Gasteiger partial charge in [-0.15, -0.1) is 0 Å². The highest BCUT2D eigenvalue weighted by molar-refractivity contribution is 5.90. The van der Waals surface area contributed by atoms with Gasteiger partial charge in [-0.3, -0.25) is 0 Å². The van der Waals surface area contributed by atoms with E-state index in [1.807, 2.05) is 0 Å². The van der Waals surface area contributed by atoms with Crippen molar-refractivity contribution in [3.63, 3.8) is 0 Å². The molecule has 1 aromatic rings. The van der Waals surface area contributed by atoms with Gasteiger partial charge in [0, 0.05) is 6.20 Å². The number of hydrogen-bond acceptors (Lipinski definition) is 6. The fourth-order valence-corrected chi connectivity index (χ4v) is 2.17. The zero-order chi connectivity index (χ0) is 14.4. The smallest absolute Gasteiger partial charge is 0.341 e. The van der Waals surface area contributed by atoms with Gasteiger partial charge in [-0.2, -0.15) is 4.98 Å². The van der Waals surface area contributed by atoms with Gasteiger partial charge in [0.05, 0.1) is 24.5 Å². The van der Waals surface area contributed by atoms with Gasteiger partial charge in [0.15, 0.2) is 0 Å². The van der Waals surface area contributed by atoms with Gasteiger partial charge in [-0.05, 0) is 45.7 Å². The van der Waals surface area contributed by atoms with E-state index in [-0.39, 0.29) is 0 Å². The van der Waals surface area contributed by atoms with Crippen LogP contribution in [0.5, 0.6) is 6.01 Å². The minimum atomic E-state index is -0.394. The lowest BCUT2D eigenvalue weighted by atomic mass is 9.99. The van der Waals surface area contributed by atoms with Crippen molar-refractivity contribution in [2.75, 3.05) is 26.3 Å². The zero-order valence-electron chi connectivity index (χ0n) is 12.0. The summed E-state index contributed by atoms with van der Waals surface area (Å²) in [7, 11) is 0. The topological polar surface area (TPSA) is 73.3 Å². The molecule has 0 radical (unpaired) electrons. The van der Waals surface area contributed by atoms with Gasteiger partial charge in [0.2, 0.25) is 0 Å². The highest BCUT2D eigenvalue weighted by Gasteiger charge is 2.16. The van der Waals surface area contributed by atoms with Crippen LogP contribution in [0.15, 0.2) is 6.20 Å². The number of aromatic nitrogens is 2. The summed E-state index contributed by atoms with van der Waals surface area (Å²) in [5.74, 6) is 0.153. The quantitative estimate of drug-likeness (QED) is 0.820. The number of nitrogens with zero attached hydrogens (tertiary/aromatic N) is 2. The summed E-state index contributed by atoms with van der Waals surface area (Å²) in [5, 5.41) is 3.32. The molecule has 0 saturated carbocycles. The van der Waals surface area contributed by atoms with Crippen molar-refractivity contribution in [2.45, 2.75) is 26.7 Å². The van der Waals surface area contributed by atoms with E-state index in [9.17, 15) is 4.79 Å². The summed E-state index contributed by atoms with van der Waals surface area (Å²) in [5.41, 5.74) is 0.972. The zero-order valence-corrected chi connectivity index (χ0v) is 12.0. The molecule has 1 aliphatic rings. The third kappa shape index (κ3) is 3.90. The van der Waals surface area contributed by atoms with Crippen LogP contribution in [0.3, 0.4) is 0 Å². The Morgan fingerprint density at radius 1 is 1.45 bits per heavy atom. The van der Waals surface area contributed by atoms with Gasteiger partial charge in [-0.1, -0.05) is 0 Å². The predicted octanol–water partition coefficient (Wildman–Crippen LogP) is 1.34. The van der Waals surface area contributed by atoms with E-state index < -0.39 is 5.97 Å². The average Bonchev–Trinajstić information content (AvgIpc) is 2.46. The Labute approximate surface area is 118 Å². The van der Waals surface area contributed by atoms with Gasteiger partial charge >= 0.3 is 12.0 Å². The van der Waals surface area contributed by atoms with Crippen molar-refractivity contribution in [3.8, 4) is 6.01 Å². The highest BCUT2D eigenvalue weighted by atomic mass is 16.5. The molecule has 0 aliphatic carbocycles. The average molecular weight is 279 g/mol. The number of aryl methyl sites for hydroxylation is 1. The minimum absolute atomic E-state index is 0.328. The molecule has 6 nitrogen and oxygen atoms in total. The fourth-order valence-electron chi connectivity index (χ4n) is 2.17. The molecule has 0 amide bonds. The summed E-state index contributed by atoms with van der Waals surface area (Å²) in [6.45, 7) is 6.56. The van der Waals surface area contributed by atoms with Crippen molar-refractivity contribution in [1.82, 2.24) is 15.3 Å². The van der Waals surface area contributed by atoms with E-state index >= 15 is 0 Å². The minimum Gasteiger partial charge on any atom is -0.463 e. The molecule has 0 unspecified atom stereocenters. The van der Waals surface area contributed by atoms with E-state index in [0.29, 0.717) is 36.4 Å². The summed E-state index contributed by atoms with van der Waals surface area (Å²) >= 11 is 0. The molecule has 2 rings (SSSR count). The molecule has 6 heteroatoms. The molecule has 2 heterocycles. The maximum Gasteiger partial charge on any atom is 0.341 e. The van der Waals surface area contributed by atoms with Crippen LogP contribution in [0.25, 0.3) is 0 Å². The lowest BCUT2D eigenvalue weighted by molar-refractivity contribution is 0.0524. The monoisotopic (exact) mass is 279 g/mol. The third-order valence-corrected chi connectivity index (χ3v) is 3.36. The molecule has 1 fully saturated rings. The molecule has 1 saturated heterocycles. The number of carbonyl (C=O) groups excluding carboxylic acids is 1. The first-order valence-corrected chi connectivity index (χ1v) is 7.05. The van der Waals surface area contributed by atoms with Crippen molar-refractivity contribution < 1.29 is 14.3 Å². The number of rotatable bonds is 5. The van der Waals surface area contributed by atoms with Crippen molar-refractivity contribution >= 4 is 5.97 Å². The standard InChI is InChI=1S/C14H21N3O3/c1-3-19-13(18)12-8-16-14(17-10(12)2)20-9-11-4-6-15-7-5-11/h8,11,15H,3-7,9H2,1-2H3. The first kappa shape index (κ1) is 14.7. The molecular formula is C14H21N3O3. The summed E-state index contributed by atoms with van der Waals surface area (Å²) in [6, 6.07) is 0.328. The Morgan fingerprint density at radius 2 is 2.20 bits per heavy atom. The molecular weight excluding hydrogens is 258 g/mol. The van der Waals surface area contributed by atoms with E-state index in [0.717, 1.165) is 25.9 Å². The number of esters is 1. The van der Waals surface area contributed by atoms with Gasteiger partial charge < -0.3 is 14.8 Å². The van der Waals surface area contributed by atoms with Crippen LogP contribution in [0, 0.1) is 12.8 Å². The molecule has 0 aromatic carbocycles. The normalized spacial score (nSPS) is 15.9.